The molecule has 0 amide bonds. The third-order valence-corrected chi connectivity index (χ3v) is 6.88. The number of rotatable bonds is 9. The van der Waals surface area contributed by atoms with Crippen LogP contribution in [0.4, 0.5) is 10.1 Å². The van der Waals surface area contributed by atoms with Gasteiger partial charge in [-0.1, -0.05) is 25.2 Å². The van der Waals surface area contributed by atoms with Crippen LogP contribution in [0.3, 0.4) is 0 Å². The van der Waals surface area contributed by atoms with Gasteiger partial charge in [-0.15, -0.1) is 0 Å². The number of halogens is 1. The molecule has 0 aromatic carbocycles. The van der Waals surface area contributed by atoms with Gasteiger partial charge >= 0.3 is 11.2 Å². The largest absolute Gasteiger partial charge is 0.361 e. The van der Waals surface area contributed by atoms with Crippen LogP contribution in [0.1, 0.15) is 25.2 Å². The van der Waals surface area contributed by atoms with Gasteiger partial charge in [0, 0.05) is 38.0 Å². The number of aromatic nitrogens is 3. The maximum absolute atomic E-state index is 14.7. The van der Waals surface area contributed by atoms with E-state index in [-0.39, 0.29) is 13.3 Å². The van der Waals surface area contributed by atoms with Crippen LogP contribution < -0.4 is 5.56 Å². The molecular weight excluding hydrogens is 443 g/mol. The van der Waals surface area contributed by atoms with E-state index in [1.807, 2.05) is 19.9 Å². The first kappa shape index (κ1) is 24.5. The Hall–Kier alpha value is -3.11. The number of allylic oxidation sites excluding steroid dienone is 1. The molecule has 0 fully saturated rings. The Morgan fingerprint density at radius 3 is 2.70 bits per heavy atom. The molecule has 0 saturated carbocycles. The maximum Gasteiger partial charge on any atom is 0.334 e. The van der Waals surface area contributed by atoms with Crippen molar-refractivity contribution in [3.8, 4) is 0 Å². The van der Waals surface area contributed by atoms with E-state index in [4.69, 9.17) is 4.74 Å². The summed E-state index contributed by atoms with van der Waals surface area (Å²) < 4.78 is 23.8. The van der Waals surface area contributed by atoms with Gasteiger partial charge in [-0.2, -0.15) is 0 Å². The number of ether oxygens (including phenoxy) is 1. The minimum absolute atomic E-state index is 0.0281. The highest BCUT2D eigenvalue weighted by Crippen LogP contribution is 2.27. The standard InChI is InChI=1S/C23H29FN4O4Si/c1-16(2)11-20-22-18(19(24)13-25-20)12-17(27(22)15-32-9-10-33(3,4)5)14-26-8-6-7-21(23(26)29)28(30)31/h6-8,11-13H,9-10,14-15H2,1-5H3. The molecule has 0 aliphatic carbocycles. The first-order valence-electron chi connectivity index (χ1n) is 10.7. The summed E-state index contributed by atoms with van der Waals surface area (Å²) in [5.74, 6) is -0.482. The molecule has 176 valence electrons. The van der Waals surface area contributed by atoms with E-state index < -0.39 is 30.1 Å². The molecule has 0 atom stereocenters. The summed E-state index contributed by atoms with van der Waals surface area (Å²) >= 11 is 0. The van der Waals surface area contributed by atoms with Crippen LogP contribution in [-0.4, -0.2) is 33.7 Å². The number of hydrogen-bond donors (Lipinski definition) is 0. The lowest BCUT2D eigenvalue weighted by Crippen LogP contribution is -2.24. The van der Waals surface area contributed by atoms with Gasteiger partial charge in [-0.3, -0.25) is 19.9 Å². The molecule has 0 aliphatic heterocycles. The van der Waals surface area contributed by atoms with Crippen LogP contribution in [0.15, 0.2) is 41.0 Å². The lowest BCUT2D eigenvalue weighted by atomic mass is 10.2. The number of pyridine rings is 2. The monoisotopic (exact) mass is 472 g/mol. The molecule has 3 aromatic rings. The van der Waals surface area contributed by atoms with Crippen molar-refractivity contribution in [1.29, 1.82) is 0 Å². The second kappa shape index (κ2) is 9.80. The average Bonchev–Trinajstić information content (AvgIpc) is 3.07. The van der Waals surface area contributed by atoms with Crippen molar-refractivity contribution in [2.45, 2.75) is 52.8 Å². The van der Waals surface area contributed by atoms with Gasteiger partial charge in [0.1, 0.15) is 6.73 Å². The predicted molar refractivity (Wildman–Crippen MR) is 130 cm³/mol. The number of nitro groups is 1. The number of nitrogens with zero attached hydrogens (tertiary/aromatic N) is 4. The fourth-order valence-electron chi connectivity index (χ4n) is 3.47. The van der Waals surface area contributed by atoms with Gasteiger partial charge in [0.25, 0.3) is 0 Å². The molecule has 0 radical (unpaired) electrons. The van der Waals surface area contributed by atoms with E-state index in [9.17, 15) is 19.3 Å². The van der Waals surface area contributed by atoms with Crippen molar-refractivity contribution in [2.24, 2.45) is 0 Å². The van der Waals surface area contributed by atoms with Crippen LogP contribution >= 0.6 is 0 Å². The van der Waals surface area contributed by atoms with Crippen LogP contribution in [0.5, 0.6) is 0 Å². The van der Waals surface area contributed by atoms with Crippen molar-refractivity contribution in [3.05, 3.63) is 73.8 Å². The molecule has 33 heavy (non-hydrogen) atoms. The van der Waals surface area contributed by atoms with Gasteiger partial charge in [0.15, 0.2) is 5.82 Å². The molecule has 3 aromatic heterocycles. The molecule has 10 heteroatoms. The molecule has 0 saturated heterocycles. The smallest absolute Gasteiger partial charge is 0.334 e. The van der Waals surface area contributed by atoms with Gasteiger partial charge in [0.2, 0.25) is 0 Å². The topological polar surface area (TPSA) is 92.2 Å². The average molecular weight is 473 g/mol. The minimum Gasteiger partial charge on any atom is -0.361 e. The Bertz CT molecular complexity index is 1270. The summed E-state index contributed by atoms with van der Waals surface area (Å²) in [6, 6.07) is 5.25. The van der Waals surface area contributed by atoms with Crippen LogP contribution in [0, 0.1) is 15.9 Å². The van der Waals surface area contributed by atoms with E-state index >= 15 is 0 Å². The summed E-state index contributed by atoms with van der Waals surface area (Å²) in [6.45, 7) is 11.4. The number of fused-ring (bicyclic) bond motifs is 1. The zero-order valence-corrected chi connectivity index (χ0v) is 20.6. The Morgan fingerprint density at radius 1 is 1.33 bits per heavy atom. The first-order valence-corrected chi connectivity index (χ1v) is 14.4. The second-order valence-electron chi connectivity index (χ2n) is 9.47. The van der Waals surface area contributed by atoms with Crippen molar-refractivity contribution < 1.29 is 14.1 Å². The van der Waals surface area contributed by atoms with E-state index in [1.165, 1.54) is 29.1 Å². The predicted octanol–water partition coefficient (Wildman–Crippen LogP) is 5.03. The van der Waals surface area contributed by atoms with Gasteiger partial charge < -0.3 is 13.9 Å². The van der Waals surface area contributed by atoms with E-state index in [0.29, 0.717) is 28.9 Å². The minimum atomic E-state index is -1.30. The summed E-state index contributed by atoms with van der Waals surface area (Å²) in [5, 5.41) is 11.5. The van der Waals surface area contributed by atoms with Crippen LogP contribution in [0.25, 0.3) is 17.0 Å². The van der Waals surface area contributed by atoms with Gasteiger partial charge in [-0.25, -0.2) is 4.39 Å². The molecule has 0 bridgehead atoms. The Labute approximate surface area is 192 Å². The highest BCUT2D eigenvalue weighted by molar-refractivity contribution is 6.76. The summed E-state index contributed by atoms with van der Waals surface area (Å²) in [7, 11) is -1.30. The quantitative estimate of drug-likeness (QED) is 0.188. The summed E-state index contributed by atoms with van der Waals surface area (Å²) in [4.78, 5) is 27.3. The SMILES string of the molecule is CC(C)=Cc1ncc(F)c2cc(Cn3cccc([N+](=O)[O-])c3=O)n(COCC[Si](C)(C)C)c12. The van der Waals surface area contributed by atoms with E-state index in [1.54, 1.807) is 10.6 Å². The molecule has 3 rings (SSSR count). The molecule has 0 N–H and O–H groups in total. The lowest BCUT2D eigenvalue weighted by Gasteiger charge is -2.17. The van der Waals surface area contributed by atoms with E-state index in [0.717, 1.165) is 11.6 Å². The van der Waals surface area contributed by atoms with Gasteiger partial charge in [0.05, 0.1) is 28.9 Å². The Kier molecular flexibility index (Phi) is 7.28. The van der Waals surface area contributed by atoms with Crippen molar-refractivity contribution >= 4 is 30.7 Å². The van der Waals surface area contributed by atoms with Crippen molar-refractivity contribution in [1.82, 2.24) is 14.1 Å². The maximum atomic E-state index is 14.7. The van der Waals surface area contributed by atoms with Gasteiger partial charge in [-0.05, 0) is 38.1 Å². The lowest BCUT2D eigenvalue weighted by molar-refractivity contribution is -0.386. The summed E-state index contributed by atoms with van der Waals surface area (Å²) in [5.41, 5.74) is 1.53. The molecule has 0 spiro atoms. The van der Waals surface area contributed by atoms with Crippen LogP contribution in [-0.2, 0) is 18.0 Å². The molecule has 8 nitrogen and oxygen atoms in total. The zero-order valence-electron chi connectivity index (χ0n) is 19.6. The molecular formula is C23H29FN4O4Si. The highest BCUT2D eigenvalue weighted by Gasteiger charge is 2.20. The second-order valence-corrected chi connectivity index (χ2v) is 15.1. The summed E-state index contributed by atoms with van der Waals surface area (Å²) in [6.07, 6.45) is 4.52. The highest BCUT2D eigenvalue weighted by atomic mass is 28.3. The number of hydrogen-bond acceptors (Lipinski definition) is 5. The fourth-order valence-corrected chi connectivity index (χ4v) is 4.23. The molecule has 3 heterocycles. The van der Waals surface area contributed by atoms with Crippen LogP contribution in [0.2, 0.25) is 25.7 Å². The zero-order chi connectivity index (χ0) is 24.3. The van der Waals surface area contributed by atoms with Crippen molar-refractivity contribution in [3.63, 3.8) is 0 Å². The van der Waals surface area contributed by atoms with Crippen molar-refractivity contribution in [2.75, 3.05) is 6.61 Å². The Balaban J connectivity index is 2.11. The third-order valence-electron chi connectivity index (χ3n) is 5.17. The first-order chi connectivity index (χ1) is 15.5. The van der Waals surface area contributed by atoms with E-state index in [2.05, 4.69) is 24.6 Å². The Morgan fingerprint density at radius 2 is 2.06 bits per heavy atom. The molecule has 0 aliphatic rings. The third kappa shape index (κ3) is 5.82. The molecule has 0 unspecified atom stereocenters. The normalized spacial score (nSPS) is 11.7. The fraction of sp³-hybridized carbons (Fsp3) is 0.391.